The summed E-state index contributed by atoms with van der Waals surface area (Å²) in [5.41, 5.74) is 3.52. The first-order valence-electron chi connectivity index (χ1n) is 8.90. The zero-order valence-electron chi connectivity index (χ0n) is 14.7. The maximum atomic E-state index is 11.7. The van der Waals surface area contributed by atoms with Crippen molar-refractivity contribution < 1.29 is 13.5 Å². The van der Waals surface area contributed by atoms with Crippen molar-refractivity contribution >= 4 is 39.7 Å². The van der Waals surface area contributed by atoms with Gasteiger partial charge >= 0.3 is 5.91 Å². The van der Waals surface area contributed by atoms with Gasteiger partial charge in [-0.2, -0.15) is 0 Å². The number of nitrogens with zero attached hydrogens (tertiary/aromatic N) is 3. The van der Waals surface area contributed by atoms with Crippen LogP contribution in [0.4, 0.5) is 0 Å². The van der Waals surface area contributed by atoms with Crippen molar-refractivity contribution in [2.24, 2.45) is 5.11 Å². The molecule has 0 saturated heterocycles. The van der Waals surface area contributed by atoms with Crippen molar-refractivity contribution in [3.63, 3.8) is 0 Å². The second kappa shape index (κ2) is 6.76. The Kier molecular flexibility index (Phi) is 4.09. The summed E-state index contributed by atoms with van der Waals surface area (Å²) in [7, 11) is 0. The third-order valence-electron chi connectivity index (χ3n) is 4.76. The maximum Gasteiger partial charge on any atom is 0.330 e. The minimum atomic E-state index is -0.473. The van der Waals surface area contributed by atoms with E-state index in [-0.39, 0.29) is 0 Å². The number of carbonyl (C=O) groups excluding carboxylic acids is 1. The number of benzene rings is 3. The zero-order valence-corrected chi connectivity index (χ0v) is 15.6. The van der Waals surface area contributed by atoms with E-state index < -0.39 is 11.2 Å². The molecule has 0 saturated carbocycles. The Labute approximate surface area is 164 Å². The van der Waals surface area contributed by atoms with Crippen LogP contribution in [-0.2, 0) is 17.6 Å². The second-order valence-electron chi connectivity index (χ2n) is 6.74. The van der Waals surface area contributed by atoms with Gasteiger partial charge in [-0.05, 0) is 44.7 Å². The summed E-state index contributed by atoms with van der Waals surface area (Å²) in [6.45, 7) is 0. The van der Waals surface area contributed by atoms with Crippen LogP contribution < -0.4 is 0 Å². The topological polar surface area (TPSA) is 81.5 Å². The number of rotatable bonds is 4. The molecule has 1 aliphatic heterocycles. The first-order chi connectivity index (χ1) is 13.6. The van der Waals surface area contributed by atoms with Crippen molar-refractivity contribution in [3.05, 3.63) is 82.9 Å². The molecule has 0 aliphatic carbocycles. The number of carbonyl (C=O) groups is 1. The summed E-state index contributed by atoms with van der Waals surface area (Å²) >= 11 is 0.899. The average Bonchev–Trinajstić information content (AvgIpc) is 3.23. The summed E-state index contributed by atoms with van der Waals surface area (Å²) < 4.78 is 6.27. The highest BCUT2D eigenvalue weighted by Crippen LogP contribution is 2.27. The smallest absolute Gasteiger partial charge is 0.330 e. The van der Waals surface area contributed by atoms with Gasteiger partial charge in [-0.1, -0.05) is 48.5 Å². The van der Waals surface area contributed by atoms with Gasteiger partial charge in [0.05, 0.1) is 5.11 Å². The van der Waals surface area contributed by atoms with Gasteiger partial charge in [-0.15, -0.1) is 0 Å². The molecule has 138 valence electrons. The van der Waals surface area contributed by atoms with Gasteiger partial charge in [0.2, 0.25) is 11.9 Å². The van der Waals surface area contributed by atoms with Crippen molar-refractivity contribution in [1.82, 2.24) is 4.98 Å². The summed E-state index contributed by atoms with van der Waals surface area (Å²) in [6.07, 6.45) is 1.05. The van der Waals surface area contributed by atoms with Gasteiger partial charge < -0.3 is 9.62 Å². The van der Waals surface area contributed by atoms with Crippen LogP contribution >= 0.6 is 11.9 Å². The Balaban J connectivity index is 1.38. The van der Waals surface area contributed by atoms with E-state index in [2.05, 4.69) is 40.4 Å². The van der Waals surface area contributed by atoms with Gasteiger partial charge in [0.25, 0.3) is 0 Å². The lowest BCUT2D eigenvalue weighted by atomic mass is 10.1. The molecule has 7 heteroatoms. The minimum Gasteiger partial charge on any atom is -0.586 e. The quantitative estimate of drug-likeness (QED) is 0.289. The van der Waals surface area contributed by atoms with Crippen molar-refractivity contribution in [2.75, 3.05) is 0 Å². The maximum absolute atomic E-state index is 11.7. The highest BCUT2D eigenvalue weighted by molar-refractivity contribution is 7.95. The second-order valence-corrected chi connectivity index (χ2v) is 7.83. The first kappa shape index (κ1) is 16.9. The van der Waals surface area contributed by atoms with Gasteiger partial charge in [-0.3, -0.25) is 4.79 Å². The molecule has 0 radical (unpaired) electrons. The standard InChI is InChI=1S/C21H15N3O3S/c25-21-19(28-24(26)23-21)11-14-6-8-18-17(10-14)22-20(27-18)12-13-5-7-15-3-1-2-4-16(15)9-13/h1-10,19H,11-12H2. The predicted octanol–water partition coefficient (Wildman–Crippen LogP) is 4.63. The number of aromatic nitrogens is 1. The summed E-state index contributed by atoms with van der Waals surface area (Å²) in [5, 5.41) is 16.5. The Morgan fingerprint density at radius 1 is 1.04 bits per heavy atom. The highest BCUT2D eigenvalue weighted by Gasteiger charge is 2.34. The highest BCUT2D eigenvalue weighted by atomic mass is 32.2. The lowest BCUT2D eigenvalue weighted by Crippen LogP contribution is -2.13. The van der Waals surface area contributed by atoms with Crippen molar-refractivity contribution in [2.45, 2.75) is 18.1 Å². The fraction of sp³-hybridized carbons (Fsp3) is 0.143. The molecule has 0 bridgehead atoms. The van der Waals surface area contributed by atoms with Crippen LogP contribution in [-0.4, -0.2) is 20.4 Å². The molecule has 2 heterocycles. The monoisotopic (exact) mass is 389 g/mol. The zero-order chi connectivity index (χ0) is 19.1. The summed E-state index contributed by atoms with van der Waals surface area (Å²) in [4.78, 5) is 16.3. The molecular formula is C21H15N3O3S. The molecule has 28 heavy (non-hydrogen) atoms. The van der Waals surface area contributed by atoms with Crippen LogP contribution in [0.5, 0.6) is 0 Å². The molecule has 5 rings (SSSR count). The largest absolute Gasteiger partial charge is 0.586 e. The fourth-order valence-corrected chi connectivity index (χ4v) is 4.16. The van der Waals surface area contributed by atoms with E-state index >= 15 is 0 Å². The molecule has 1 atom stereocenters. The molecule has 6 nitrogen and oxygen atoms in total. The van der Waals surface area contributed by atoms with Gasteiger partial charge in [0.1, 0.15) is 5.52 Å². The molecule has 0 fully saturated rings. The van der Waals surface area contributed by atoms with Gasteiger partial charge in [-0.25, -0.2) is 4.98 Å². The van der Waals surface area contributed by atoms with E-state index in [1.165, 1.54) is 10.8 Å². The van der Waals surface area contributed by atoms with Gasteiger partial charge in [0, 0.05) is 6.42 Å². The van der Waals surface area contributed by atoms with Crippen LogP contribution in [0, 0.1) is 5.21 Å². The number of oxazole rings is 1. The number of amides is 1. The first-order valence-corrected chi connectivity index (χ1v) is 9.73. The predicted molar refractivity (Wildman–Crippen MR) is 107 cm³/mol. The van der Waals surface area contributed by atoms with E-state index in [4.69, 9.17) is 4.42 Å². The molecule has 3 aromatic carbocycles. The third-order valence-corrected chi connectivity index (χ3v) is 5.64. The van der Waals surface area contributed by atoms with E-state index in [0.717, 1.165) is 28.6 Å². The minimum absolute atomic E-state index is 0.378. The van der Waals surface area contributed by atoms with Crippen LogP contribution in [0.1, 0.15) is 17.0 Å². The Bertz CT molecular complexity index is 1250. The van der Waals surface area contributed by atoms with E-state index in [9.17, 15) is 10.0 Å². The van der Waals surface area contributed by atoms with E-state index in [0.29, 0.717) is 28.6 Å². The fourth-order valence-electron chi connectivity index (χ4n) is 3.41. The Morgan fingerprint density at radius 2 is 1.86 bits per heavy atom. The van der Waals surface area contributed by atoms with Crippen LogP contribution in [0.3, 0.4) is 0 Å². The molecule has 1 amide bonds. The lowest BCUT2D eigenvalue weighted by molar-refractivity contribution is -0.336. The van der Waals surface area contributed by atoms with Crippen LogP contribution in [0.25, 0.3) is 21.9 Å². The van der Waals surface area contributed by atoms with Crippen molar-refractivity contribution in [1.29, 1.82) is 0 Å². The average molecular weight is 389 g/mol. The number of hydrogen-bond acceptors (Lipinski definition) is 5. The number of hydrogen-bond donors (Lipinski definition) is 0. The molecule has 1 aliphatic rings. The Hall–Kier alpha value is -3.19. The van der Waals surface area contributed by atoms with E-state index in [1.807, 2.05) is 30.3 Å². The molecule has 4 aromatic rings. The molecular weight excluding hydrogens is 374 g/mol. The summed E-state index contributed by atoms with van der Waals surface area (Å²) in [6, 6.07) is 20.2. The lowest BCUT2D eigenvalue weighted by Gasteiger charge is -2.01. The molecule has 1 unspecified atom stereocenters. The third kappa shape index (κ3) is 3.25. The molecule has 0 N–H and O–H groups in total. The number of fused-ring (bicyclic) bond motifs is 2. The SMILES string of the molecule is O=C1N=[N+]([O-])SC1Cc1ccc2oc(Cc3ccc4ccccc4c3)nc2c1. The van der Waals surface area contributed by atoms with Crippen LogP contribution in [0.2, 0.25) is 0 Å². The van der Waals surface area contributed by atoms with Gasteiger partial charge in [0.15, 0.2) is 16.7 Å². The molecule has 1 aromatic heterocycles. The van der Waals surface area contributed by atoms with E-state index in [1.54, 1.807) is 0 Å². The van der Waals surface area contributed by atoms with Crippen LogP contribution in [0.15, 0.2) is 70.2 Å². The molecule has 0 spiro atoms. The Morgan fingerprint density at radius 3 is 2.68 bits per heavy atom. The summed E-state index contributed by atoms with van der Waals surface area (Å²) in [5.74, 6) is 0.256. The normalized spacial score (nSPS) is 16.8. The van der Waals surface area contributed by atoms with Crippen molar-refractivity contribution in [3.8, 4) is 0 Å².